The normalized spacial score (nSPS) is 13.7. The van der Waals surface area contributed by atoms with E-state index in [1.807, 2.05) is 6.07 Å². The maximum atomic E-state index is 6.20. The fraction of sp³-hybridized carbons (Fsp3) is 0.333. The van der Waals surface area contributed by atoms with E-state index in [4.69, 9.17) is 16.3 Å². The van der Waals surface area contributed by atoms with Crippen LogP contribution in [0.5, 0.6) is 0 Å². The molecule has 0 aromatic heterocycles. The molecule has 0 unspecified atom stereocenters. The van der Waals surface area contributed by atoms with Gasteiger partial charge in [-0.2, -0.15) is 0 Å². The lowest BCUT2D eigenvalue weighted by Gasteiger charge is -2.14. The molecule has 2 nitrogen and oxygen atoms in total. The Hall–Kier alpha value is -1.35. The van der Waals surface area contributed by atoms with Gasteiger partial charge in [0.2, 0.25) is 0 Å². The number of rotatable bonds is 4. The van der Waals surface area contributed by atoms with Gasteiger partial charge in [-0.1, -0.05) is 43.6 Å². The summed E-state index contributed by atoms with van der Waals surface area (Å²) in [6.07, 6.45) is 0. The molecule has 21 heavy (non-hydrogen) atoms. The van der Waals surface area contributed by atoms with Gasteiger partial charge in [-0.05, 0) is 46.0 Å². The van der Waals surface area contributed by atoms with E-state index in [1.165, 1.54) is 27.8 Å². The molecule has 0 amide bonds. The summed E-state index contributed by atoms with van der Waals surface area (Å²) in [5, 5.41) is 4.25. The highest BCUT2D eigenvalue weighted by Gasteiger charge is 2.13. The Balaban J connectivity index is 1.98. The van der Waals surface area contributed by atoms with Crippen molar-refractivity contribution >= 4 is 11.6 Å². The van der Waals surface area contributed by atoms with Crippen molar-refractivity contribution in [3.05, 3.63) is 58.1 Å². The molecule has 0 radical (unpaired) electrons. The first-order valence-corrected chi connectivity index (χ1v) is 7.73. The van der Waals surface area contributed by atoms with Gasteiger partial charge < -0.3 is 10.1 Å². The van der Waals surface area contributed by atoms with Crippen molar-refractivity contribution in [1.82, 2.24) is 5.32 Å². The fourth-order valence-corrected chi connectivity index (χ4v) is 2.80. The number of hydrogen-bond donors (Lipinski definition) is 1. The number of ether oxygens (including phenoxy) is 1. The van der Waals surface area contributed by atoms with Crippen LogP contribution in [0.25, 0.3) is 11.1 Å². The quantitative estimate of drug-likeness (QED) is 0.895. The van der Waals surface area contributed by atoms with Gasteiger partial charge in [0.05, 0.1) is 13.2 Å². The van der Waals surface area contributed by atoms with Crippen LogP contribution >= 0.6 is 11.6 Å². The SMILES string of the molecule is CC(C)NCc1ccc(Cl)cc1-c1ccc2c(c1)COC2. The van der Waals surface area contributed by atoms with E-state index in [9.17, 15) is 0 Å². The maximum absolute atomic E-state index is 6.20. The zero-order chi connectivity index (χ0) is 14.8. The third-order valence-electron chi connectivity index (χ3n) is 3.81. The van der Waals surface area contributed by atoms with Crippen molar-refractivity contribution in [3.63, 3.8) is 0 Å². The van der Waals surface area contributed by atoms with Crippen molar-refractivity contribution in [2.75, 3.05) is 0 Å². The average Bonchev–Trinajstić information content (AvgIpc) is 2.93. The van der Waals surface area contributed by atoms with Gasteiger partial charge in [0, 0.05) is 17.6 Å². The fourth-order valence-electron chi connectivity index (χ4n) is 2.63. The predicted molar refractivity (Wildman–Crippen MR) is 87.4 cm³/mol. The molecule has 1 aliphatic rings. The van der Waals surface area contributed by atoms with Crippen molar-refractivity contribution < 1.29 is 4.74 Å². The van der Waals surface area contributed by atoms with Crippen molar-refractivity contribution in [3.8, 4) is 11.1 Å². The molecule has 0 atom stereocenters. The van der Waals surface area contributed by atoms with E-state index in [-0.39, 0.29) is 0 Å². The first kappa shape index (κ1) is 14.6. The monoisotopic (exact) mass is 301 g/mol. The molecule has 2 aromatic rings. The summed E-state index contributed by atoms with van der Waals surface area (Å²) in [7, 11) is 0. The summed E-state index contributed by atoms with van der Waals surface area (Å²) >= 11 is 6.20. The summed E-state index contributed by atoms with van der Waals surface area (Å²) in [6, 6.07) is 13.1. The highest BCUT2D eigenvalue weighted by atomic mass is 35.5. The molecule has 2 aromatic carbocycles. The molecular formula is C18H20ClNO. The predicted octanol–water partition coefficient (Wildman–Crippen LogP) is 4.54. The molecule has 0 saturated carbocycles. The van der Waals surface area contributed by atoms with Gasteiger partial charge in [-0.25, -0.2) is 0 Å². The minimum atomic E-state index is 0.460. The largest absolute Gasteiger partial charge is 0.372 e. The van der Waals surface area contributed by atoms with Crippen LogP contribution in [0, 0.1) is 0 Å². The second-order valence-electron chi connectivity index (χ2n) is 5.81. The number of nitrogens with one attached hydrogen (secondary N) is 1. The van der Waals surface area contributed by atoms with Gasteiger partial charge >= 0.3 is 0 Å². The lowest BCUT2D eigenvalue weighted by molar-refractivity contribution is 0.134. The second kappa shape index (κ2) is 6.18. The van der Waals surface area contributed by atoms with Crippen LogP contribution in [0.4, 0.5) is 0 Å². The number of halogens is 1. The van der Waals surface area contributed by atoms with Crippen LogP contribution in [-0.2, 0) is 24.5 Å². The summed E-state index contributed by atoms with van der Waals surface area (Å²) < 4.78 is 5.50. The standard InChI is InChI=1S/C18H20ClNO/c1-12(2)20-9-14-5-6-17(19)8-18(14)13-3-4-15-10-21-11-16(15)7-13/h3-8,12,20H,9-11H2,1-2H3. The Morgan fingerprint density at radius 2 is 1.90 bits per heavy atom. The molecule has 1 N–H and O–H groups in total. The summed E-state index contributed by atoms with van der Waals surface area (Å²) in [4.78, 5) is 0. The molecule has 0 bridgehead atoms. The molecular weight excluding hydrogens is 282 g/mol. The lowest BCUT2D eigenvalue weighted by atomic mass is 9.96. The van der Waals surface area contributed by atoms with Crippen LogP contribution in [0.1, 0.15) is 30.5 Å². The second-order valence-corrected chi connectivity index (χ2v) is 6.25. The first-order chi connectivity index (χ1) is 10.1. The third-order valence-corrected chi connectivity index (χ3v) is 4.04. The summed E-state index contributed by atoms with van der Waals surface area (Å²) in [6.45, 7) is 6.60. The van der Waals surface area contributed by atoms with Crippen LogP contribution in [0.2, 0.25) is 5.02 Å². The Labute approximate surface area is 131 Å². The van der Waals surface area contributed by atoms with Crippen molar-refractivity contribution in [2.45, 2.75) is 39.6 Å². The Kier molecular flexibility index (Phi) is 4.29. The molecule has 0 fully saturated rings. The minimum absolute atomic E-state index is 0.460. The molecule has 0 saturated heterocycles. The molecule has 110 valence electrons. The van der Waals surface area contributed by atoms with Crippen molar-refractivity contribution in [1.29, 1.82) is 0 Å². The highest BCUT2D eigenvalue weighted by Crippen LogP contribution is 2.31. The number of fused-ring (bicyclic) bond motifs is 1. The summed E-state index contributed by atoms with van der Waals surface area (Å²) in [5.41, 5.74) is 6.26. The Morgan fingerprint density at radius 3 is 2.71 bits per heavy atom. The highest BCUT2D eigenvalue weighted by molar-refractivity contribution is 6.30. The molecule has 3 rings (SSSR count). The van der Waals surface area contributed by atoms with E-state index < -0.39 is 0 Å². The van der Waals surface area contributed by atoms with Gasteiger partial charge in [0.1, 0.15) is 0 Å². The zero-order valence-electron chi connectivity index (χ0n) is 12.4. The van der Waals surface area contributed by atoms with Gasteiger partial charge in [0.15, 0.2) is 0 Å². The maximum Gasteiger partial charge on any atom is 0.0725 e. The molecule has 1 aliphatic heterocycles. The van der Waals surface area contributed by atoms with Gasteiger partial charge in [-0.15, -0.1) is 0 Å². The van der Waals surface area contributed by atoms with Crippen LogP contribution < -0.4 is 5.32 Å². The minimum Gasteiger partial charge on any atom is -0.372 e. The first-order valence-electron chi connectivity index (χ1n) is 7.35. The van der Waals surface area contributed by atoms with Gasteiger partial charge in [-0.3, -0.25) is 0 Å². The van der Waals surface area contributed by atoms with E-state index in [0.29, 0.717) is 12.6 Å². The van der Waals surface area contributed by atoms with E-state index in [0.717, 1.165) is 18.2 Å². The molecule has 1 heterocycles. The number of benzene rings is 2. The lowest BCUT2D eigenvalue weighted by Crippen LogP contribution is -2.22. The Morgan fingerprint density at radius 1 is 1.10 bits per heavy atom. The van der Waals surface area contributed by atoms with Crippen LogP contribution in [-0.4, -0.2) is 6.04 Å². The average molecular weight is 302 g/mol. The van der Waals surface area contributed by atoms with Crippen LogP contribution in [0.3, 0.4) is 0 Å². The molecule has 3 heteroatoms. The number of hydrogen-bond acceptors (Lipinski definition) is 2. The topological polar surface area (TPSA) is 21.3 Å². The van der Waals surface area contributed by atoms with Crippen LogP contribution in [0.15, 0.2) is 36.4 Å². The molecule has 0 spiro atoms. The van der Waals surface area contributed by atoms with Gasteiger partial charge in [0.25, 0.3) is 0 Å². The van der Waals surface area contributed by atoms with E-state index >= 15 is 0 Å². The Bertz CT molecular complexity index is 652. The van der Waals surface area contributed by atoms with E-state index in [1.54, 1.807) is 0 Å². The summed E-state index contributed by atoms with van der Waals surface area (Å²) in [5.74, 6) is 0. The van der Waals surface area contributed by atoms with Crippen molar-refractivity contribution in [2.24, 2.45) is 0 Å². The third kappa shape index (κ3) is 3.29. The molecule has 0 aliphatic carbocycles. The van der Waals surface area contributed by atoms with E-state index in [2.05, 4.69) is 49.5 Å². The smallest absolute Gasteiger partial charge is 0.0725 e. The zero-order valence-corrected chi connectivity index (χ0v) is 13.2.